The topological polar surface area (TPSA) is 88.4 Å². The van der Waals surface area contributed by atoms with Gasteiger partial charge in [-0.1, -0.05) is 0 Å². The first-order chi connectivity index (χ1) is 8.41. The highest BCUT2D eigenvalue weighted by Gasteiger charge is 2.27. The Kier molecular flexibility index (Phi) is 2.94. The average molecular weight is 250 g/mol. The summed E-state index contributed by atoms with van der Waals surface area (Å²) in [5.41, 5.74) is 0.706. The van der Waals surface area contributed by atoms with E-state index in [1.54, 1.807) is 13.8 Å². The quantitative estimate of drug-likeness (QED) is 0.786. The van der Waals surface area contributed by atoms with E-state index in [-0.39, 0.29) is 29.5 Å². The van der Waals surface area contributed by atoms with Crippen LogP contribution in [0.3, 0.4) is 0 Å². The zero-order valence-electron chi connectivity index (χ0n) is 10.2. The lowest BCUT2D eigenvalue weighted by atomic mass is 10.1. The van der Waals surface area contributed by atoms with E-state index in [0.717, 1.165) is 0 Å². The van der Waals surface area contributed by atoms with Gasteiger partial charge in [0.2, 0.25) is 5.91 Å². The Hall–Kier alpha value is -2.11. The van der Waals surface area contributed by atoms with Crippen molar-refractivity contribution in [3.63, 3.8) is 0 Å². The van der Waals surface area contributed by atoms with Crippen molar-refractivity contribution >= 4 is 11.9 Å². The summed E-state index contributed by atoms with van der Waals surface area (Å²) in [5, 5.41) is 11.8. The fraction of sp³-hybridized carbons (Fsp3) is 0.417. The van der Waals surface area contributed by atoms with Gasteiger partial charge in [-0.25, -0.2) is 4.79 Å². The molecule has 1 aromatic rings. The number of pyridine rings is 1. The first-order valence-corrected chi connectivity index (χ1v) is 5.64. The lowest BCUT2D eigenvalue weighted by molar-refractivity contribution is -0.119. The van der Waals surface area contributed by atoms with E-state index in [0.29, 0.717) is 17.8 Å². The number of nitrogens with zero attached hydrogens (tertiary/aromatic N) is 1. The van der Waals surface area contributed by atoms with Gasteiger partial charge in [-0.2, -0.15) is 0 Å². The number of aromatic nitrogens is 1. The molecule has 1 amide bonds. The lowest BCUT2D eigenvalue weighted by Crippen LogP contribution is -2.30. The number of carboxylic acid groups (broad SMARTS) is 1. The van der Waals surface area contributed by atoms with E-state index >= 15 is 0 Å². The number of aryl methyl sites for hydroxylation is 1. The van der Waals surface area contributed by atoms with Crippen molar-refractivity contribution in [2.45, 2.75) is 26.3 Å². The number of amides is 1. The number of carbonyl (C=O) groups excluding carboxylic acids is 1. The van der Waals surface area contributed by atoms with Gasteiger partial charge in [0.05, 0.1) is 11.6 Å². The monoisotopic (exact) mass is 250 g/mol. The number of nitrogens with one attached hydrogen (secondary N) is 1. The standard InChI is InChI=1S/C12H14N2O4/c1-6-3-10(16)14(7(2)11(6)12(17)18)8-4-9(15)13-5-8/h3,8H,4-5H2,1-2H3,(H,13,15)(H,17,18). The average Bonchev–Trinajstić information content (AvgIpc) is 2.63. The second kappa shape index (κ2) is 4.29. The van der Waals surface area contributed by atoms with Crippen molar-refractivity contribution < 1.29 is 14.7 Å². The van der Waals surface area contributed by atoms with Crippen molar-refractivity contribution in [1.82, 2.24) is 9.88 Å². The lowest BCUT2D eigenvalue weighted by Gasteiger charge is -2.18. The van der Waals surface area contributed by atoms with Crippen LogP contribution in [0.15, 0.2) is 10.9 Å². The molecule has 1 aliphatic heterocycles. The van der Waals surface area contributed by atoms with Crippen molar-refractivity contribution in [3.05, 3.63) is 33.2 Å². The molecule has 96 valence electrons. The molecular weight excluding hydrogens is 236 g/mol. The minimum atomic E-state index is -1.06. The largest absolute Gasteiger partial charge is 0.478 e. The first-order valence-electron chi connectivity index (χ1n) is 5.64. The Morgan fingerprint density at radius 2 is 2.11 bits per heavy atom. The normalized spacial score (nSPS) is 18.8. The van der Waals surface area contributed by atoms with E-state index in [2.05, 4.69) is 5.32 Å². The Morgan fingerprint density at radius 1 is 1.44 bits per heavy atom. The molecular formula is C12H14N2O4. The number of hydrogen-bond acceptors (Lipinski definition) is 3. The van der Waals surface area contributed by atoms with Gasteiger partial charge >= 0.3 is 5.97 Å². The van der Waals surface area contributed by atoms with Crippen LogP contribution in [0.25, 0.3) is 0 Å². The van der Waals surface area contributed by atoms with Crippen molar-refractivity contribution in [2.75, 3.05) is 6.54 Å². The summed E-state index contributed by atoms with van der Waals surface area (Å²) < 4.78 is 1.40. The highest BCUT2D eigenvalue weighted by Crippen LogP contribution is 2.19. The molecule has 18 heavy (non-hydrogen) atoms. The van der Waals surface area contributed by atoms with Crippen molar-refractivity contribution in [2.24, 2.45) is 0 Å². The summed E-state index contributed by atoms with van der Waals surface area (Å²) in [6.07, 6.45) is 0.211. The molecule has 2 heterocycles. The zero-order chi connectivity index (χ0) is 13.4. The maximum Gasteiger partial charge on any atom is 0.337 e. The Morgan fingerprint density at radius 3 is 2.61 bits per heavy atom. The minimum absolute atomic E-state index is 0.122. The molecule has 0 aromatic carbocycles. The minimum Gasteiger partial charge on any atom is -0.478 e. The third kappa shape index (κ3) is 1.90. The molecule has 2 N–H and O–H groups in total. The zero-order valence-corrected chi connectivity index (χ0v) is 10.2. The van der Waals surface area contributed by atoms with Gasteiger partial charge < -0.3 is 15.0 Å². The fourth-order valence-corrected chi connectivity index (χ4v) is 2.45. The van der Waals surface area contributed by atoms with Gasteiger partial charge in [0.1, 0.15) is 0 Å². The molecule has 0 bridgehead atoms. The van der Waals surface area contributed by atoms with Crippen molar-refractivity contribution in [3.8, 4) is 0 Å². The van der Waals surface area contributed by atoms with Gasteiger partial charge in [0, 0.05) is 24.7 Å². The Balaban J connectivity index is 2.60. The molecule has 1 fully saturated rings. The smallest absolute Gasteiger partial charge is 0.337 e. The molecule has 1 unspecified atom stereocenters. The third-order valence-electron chi connectivity index (χ3n) is 3.23. The van der Waals surface area contributed by atoms with E-state index < -0.39 is 5.97 Å². The van der Waals surface area contributed by atoms with Gasteiger partial charge in [0.15, 0.2) is 0 Å². The molecule has 1 atom stereocenters. The maximum absolute atomic E-state index is 12.0. The van der Waals surface area contributed by atoms with Crippen LogP contribution in [-0.2, 0) is 4.79 Å². The number of hydrogen-bond donors (Lipinski definition) is 2. The molecule has 2 rings (SSSR count). The predicted molar refractivity (Wildman–Crippen MR) is 63.8 cm³/mol. The first kappa shape index (κ1) is 12.3. The highest BCUT2D eigenvalue weighted by atomic mass is 16.4. The van der Waals surface area contributed by atoms with Gasteiger partial charge in [-0.05, 0) is 19.4 Å². The van der Waals surface area contributed by atoms with Crippen LogP contribution in [0, 0.1) is 13.8 Å². The molecule has 0 radical (unpaired) electrons. The number of rotatable bonds is 2. The van der Waals surface area contributed by atoms with E-state index in [9.17, 15) is 14.4 Å². The van der Waals surface area contributed by atoms with Crippen LogP contribution in [0.1, 0.15) is 34.1 Å². The second-order valence-corrected chi connectivity index (χ2v) is 4.46. The summed E-state index contributed by atoms with van der Waals surface area (Å²) in [7, 11) is 0. The Bertz CT molecular complexity index is 588. The molecule has 1 aromatic heterocycles. The van der Waals surface area contributed by atoms with E-state index in [1.807, 2.05) is 0 Å². The van der Waals surface area contributed by atoms with Crippen molar-refractivity contribution in [1.29, 1.82) is 0 Å². The van der Waals surface area contributed by atoms with Crippen LogP contribution in [0.4, 0.5) is 0 Å². The van der Waals surface area contributed by atoms with Crippen LogP contribution in [0.2, 0.25) is 0 Å². The van der Waals surface area contributed by atoms with Gasteiger partial charge in [-0.15, -0.1) is 0 Å². The SMILES string of the molecule is Cc1cc(=O)n(C2CNC(=O)C2)c(C)c1C(=O)O. The molecule has 6 nitrogen and oxygen atoms in total. The van der Waals surface area contributed by atoms with E-state index in [4.69, 9.17) is 5.11 Å². The molecule has 6 heteroatoms. The number of aromatic carboxylic acids is 1. The number of carboxylic acids is 1. The molecule has 0 spiro atoms. The highest BCUT2D eigenvalue weighted by molar-refractivity contribution is 5.90. The maximum atomic E-state index is 12.0. The summed E-state index contributed by atoms with van der Waals surface area (Å²) in [4.78, 5) is 34.3. The third-order valence-corrected chi connectivity index (χ3v) is 3.23. The molecule has 0 saturated carbocycles. The number of carbonyl (C=O) groups is 2. The second-order valence-electron chi connectivity index (χ2n) is 4.46. The summed E-state index contributed by atoms with van der Waals surface area (Å²) >= 11 is 0. The van der Waals surface area contributed by atoms with Gasteiger partial charge in [-0.3, -0.25) is 9.59 Å². The summed E-state index contributed by atoms with van der Waals surface area (Å²) in [6.45, 7) is 3.56. The van der Waals surface area contributed by atoms with Crippen LogP contribution >= 0.6 is 0 Å². The summed E-state index contributed by atoms with van der Waals surface area (Å²) in [5.74, 6) is -1.18. The van der Waals surface area contributed by atoms with Crippen LogP contribution in [0.5, 0.6) is 0 Å². The molecule has 1 aliphatic rings. The molecule has 0 aliphatic carbocycles. The van der Waals surface area contributed by atoms with Gasteiger partial charge in [0.25, 0.3) is 5.56 Å². The van der Waals surface area contributed by atoms with Crippen LogP contribution in [-0.4, -0.2) is 28.1 Å². The predicted octanol–water partition coefficient (Wildman–Crippen LogP) is 0.224. The summed E-state index contributed by atoms with van der Waals surface area (Å²) in [6, 6.07) is 1.00. The Labute approximate surface area is 103 Å². The fourth-order valence-electron chi connectivity index (χ4n) is 2.45. The molecule has 1 saturated heterocycles. The van der Waals surface area contributed by atoms with Crippen LogP contribution < -0.4 is 10.9 Å². The van der Waals surface area contributed by atoms with E-state index in [1.165, 1.54) is 10.6 Å².